The average Bonchev–Trinajstić information content (AvgIpc) is 2.61. The van der Waals surface area contributed by atoms with Crippen molar-refractivity contribution in [3.8, 4) is 0 Å². The molecule has 0 saturated carbocycles. The topological polar surface area (TPSA) is 61.0 Å². The number of pyridine rings is 1. The van der Waals surface area contributed by atoms with Crippen LogP contribution in [0.5, 0.6) is 0 Å². The summed E-state index contributed by atoms with van der Waals surface area (Å²) < 4.78 is 0. The van der Waals surface area contributed by atoms with Crippen LogP contribution in [0.2, 0.25) is 0 Å². The summed E-state index contributed by atoms with van der Waals surface area (Å²) in [5.74, 6) is 2.44. The predicted octanol–water partition coefficient (Wildman–Crippen LogP) is 1.38. The third-order valence-corrected chi connectivity index (χ3v) is 5.04. The predicted molar refractivity (Wildman–Crippen MR) is 99.2 cm³/mol. The van der Waals surface area contributed by atoms with Crippen molar-refractivity contribution in [2.45, 2.75) is 26.3 Å². The number of nitrogens with zero attached hydrogens (tertiary/aromatic N) is 5. The Balaban J connectivity index is 1.55. The van der Waals surface area contributed by atoms with E-state index >= 15 is 0 Å². The summed E-state index contributed by atoms with van der Waals surface area (Å²) in [5.41, 5.74) is 7.27. The molecule has 0 radical (unpaired) electrons. The van der Waals surface area contributed by atoms with Gasteiger partial charge < -0.3 is 20.4 Å². The van der Waals surface area contributed by atoms with Crippen LogP contribution in [0.25, 0.3) is 0 Å². The van der Waals surface area contributed by atoms with Crippen LogP contribution in [-0.4, -0.2) is 67.1 Å². The SMILES string of the molecule is CC1CCCN(C(N)=NCc2ccc(N3CCN(C)CC3)nc2)C1. The van der Waals surface area contributed by atoms with Crippen LogP contribution in [0.3, 0.4) is 0 Å². The lowest BCUT2D eigenvalue weighted by Gasteiger charge is -2.33. The Hall–Kier alpha value is -1.82. The largest absolute Gasteiger partial charge is 0.370 e. The van der Waals surface area contributed by atoms with E-state index in [0.29, 0.717) is 18.4 Å². The van der Waals surface area contributed by atoms with Gasteiger partial charge in [0, 0.05) is 45.5 Å². The number of rotatable bonds is 3. The molecule has 0 aromatic carbocycles. The molecule has 1 atom stereocenters. The van der Waals surface area contributed by atoms with Gasteiger partial charge in [-0.25, -0.2) is 9.98 Å². The maximum atomic E-state index is 6.16. The van der Waals surface area contributed by atoms with Gasteiger partial charge in [-0.15, -0.1) is 0 Å². The fourth-order valence-electron chi connectivity index (χ4n) is 3.40. The van der Waals surface area contributed by atoms with Crippen LogP contribution in [0.1, 0.15) is 25.3 Å². The van der Waals surface area contributed by atoms with Crippen molar-refractivity contribution in [3.63, 3.8) is 0 Å². The Kier molecular flexibility index (Phi) is 5.56. The number of piperidine rings is 1. The quantitative estimate of drug-likeness (QED) is 0.670. The summed E-state index contributed by atoms with van der Waals surface area (Å²) in [6.07, 6.45) is 4.43. The van der Waals surface area contributed by atoms with Gasteiger partial charge >= 0.3 is 0 Å². The molecule has 0 bridgehead atoms. The Morgan fingerprint density at radius 2 is 2.04 bits per heavy atom. The van der Waals surface area contributed by atoms with Crippen molar-refractivity contribution in [1.29, 1.82) is 0 Å². The number of anilines is 1. The molecule has 3 heterocycles. The molecule has 24 heavy (non-hydrogen) atoms. The molecule has 2 aliphatic heterocycles. The first-order valence-electron chi connectivity index (χ1n) is 9.05. The molecule has 0 aliphatic carbocycles. The van der Waals surface area contributed by atoms with Gasteiger partial charge in [0.05, 0.1) is 6.54 Å². The molecule has 2 saturated heterocycles. The summed E-state index contributed by atoms with van der Waals surface area (Å²) in [6.45, 7) is 9.21. The number of aliphatic imine (C=N–C) groups is 1. The van der Waals surface area contributed by atoms with Crippen LogP contribution in [0.15, 0.2) is 23.3 Å². The van der Waals surface area contributed by atoms with Crippen molar-refractivity contribution < 1.29 is 0 Å². The number of nitrogens with two attached hydrogens (primary N) is 1. The monoisotopic (exact) mass is 330 g/mol. The molecule has 0 amide bonds. The van der Waals surface area contributed by atoms with Crippen molar-refractivity contribution in [3.05, 3.63) is 23.9 Å². The standard InChI is InChI=1S/C18H30N6/c1-15-4-3-7-24(14-15)18(19)21-13-16-5-6-17(20-12-16)23-10-8-22(2)9-11-23/h5-6,12,15H,3-4,7-11,13-14H2,1-2H3,(H2,19,21). The van der Waals surface area contributed by atoms with Crippen molar-refractivity contribution in [2.75, 3.05) is 51.2 Å². The molecule has 1 aromatic heterocycles. The fourth-order valence-corrected chi connectivity index (χ4v) is 3.40. The van der Waals surface area contributed by atoms with Crippen molar-refractivity contribution >= 4 is 11.8 Å². The van der Waals surface area contributed by atoms with E-state index in [9.17, 15) is 0 Å². The van der Waals surface area contributed by atoms with Crippen molar-refractivity contribution in [2.24, 2.45) is 16.6 Å². The van der Waals surface area contributed by atoms with Crippen LogP contribution in [-0.2, 0) is 6.54 Å². The van der Waals surface area contributed by atoms with Gasteiger partial charge in [0.15, 0.2) is 5.96 Å². The fraction of sp³-hybridized carbons (Fsp3) is 0.667. The Labute approximate surface area is 145 Å². The van der Waals surface area contributed by atoms with Crippen LogP contribution in [0.4, 0.5) is 5.82 Å². The van der Waals surface area contributed by atoms with E-state index in [1.165, 1.54) is 12.8 Å². The zero-order valence-electron chi connectivity index (χ0n) is 15.0. The molecule has 2 fully saturated rings. The smallest absolute Gasteiger partial charge is 0.191 e. The van der Waals surface area contributed by atoms with E-state index in [0.717, 1.165) is 50.6 Å². The summed E-state index contributed by atoms with van der Waals surface area (Å²) in [7, 11) is 2.17. The van der Waals surface area contributed by atoms with Gasteiger partial charge in [0.2, 0.25) is 0 Å². The minimum absolute atomic E-state index is 0.604. The van der Waals surface area contributed by atoms with Crippen LogP contribution < -0.4 is 10.6 Å². The lowest BCUT2D eigenvalue weighted by atomic mass is 10.0. The van der Waals surface area contributed by atoms with Gasteiger partial charge in [-0.05, 0) is 37.4 Å². The molecule has 0 spiro atoms. The van der Waals surface area contributed by atoms with E-state index in [4.69, 9.17) is 5.73 Å². The minimum Gasteiger partial charge on any atom is -0.370 e. The van der Waals surface area contributed by atoms with E-state index < -0.39 is 0 Å². The summed E-state index contributed by atoms with van der Waals surface area (Å²) >= 11 is 0. The normalized spacial score (nSPS) is 23.6. The third kappa shape index (κ3) is 4.38. The third-order valence-electron chi connectivity index (χ3n) is 5.04. The van der Waals surface area contributed by atoms with E-state index in [2.05, 4.69) is 50.8 Å². The highest BCUT2D eigenvalue weighted by molar-refractivity contribution is 5.78. The lowest BCUT2D eigenvalue weighted by molar-refractivity contribution is 0.270. The second-order valence-electron chi connectivity index (χ2n) is 7.18. The molecule has 6 heteroatoms. The molecule has 2 N–H and O–H groups in total. The number of piperazine rings is 1. The Bertz CT molecular complexity index is 547. The van der Waals surface area contributed by atoms with Crippen LogP contribution in [0, 0.1) is 5.92 Å². The van der Waals surface area contributed by atoms with E-state index in [-0.39, 0.29) is 0 Å². The Morgan fingerprint density at radius 1 is 1.25 bits per heavy atom. The molecular formula is C18H30N6. The average molecular weight is 330 g/mol. The van der Waals surface area contributed by atoms with E-state index in [1.807, 2.05) is 6.20 Å². The molecule has 2 aliphatic rings. The van der Waals surface area contributed by atoms with Gasteiger partial charge in [0.25, 0.3) is 0 Å². The van der Waals surface area contributed by atoms with Gasteiger partial charge in [-0.1, -0.05) is 13.0 Å². The van der Waals surface area contributed by atoms with Gasteiger partial charge in [-0.3, -0.25) is 0 Å². The first-order valence-corrected chi connectivity index (χ1v) is 9.05. The molecule has 1 aromatic rings. The number of hydrogen-bond donors (Lipinski definition) is 1. The zero-order valence-corrected chi connectivity index (χ0v) is 15.0. The summed E-state index contributed by atoms with van der Waals surface area (Å²) in [4.78, 5) is 16.1. The first-order chi connectivity index (χ1) is 11.6. The number of likely N-dealkylation sites (N-methyl/N-ethyl adjacent to an activating group) is 1. The molecule has 6 nitrogen and oxygen atoms in total. The number of likely N-dealkylation sites (tertiary alicyclic amines) is 1. The maximum absolute atomic E-state index is 6.16. The first kappa shape index (κ1) is 17.0. The Morgan fingerprint density at radius 3 is 2.71 bits per heavy atom. The van der Waals surface area contributed by atoms with Crippen molar-refractivity contribution in [1.82, 2.24) is 14.8 Å². The second-order valence-corrected chi connectivity index (χ2v) is 7.18. The van der Waals surface area contributed by atoms with E-state index in [1.54, 1.807) is 0 Å². The van der Waals surface area contributed by atoms with Gasteiger partial charge in [-0.2, -0.15) is 0 Å². The highest BCUT2D eigenvalue weighted by atomic mass is 15.3. The second kappa shape index (κ2) is 7.83. The molecule has 1 unspecified atom stereocenters. The highest BCUT2D eigenvalue weighted by Gasteiger charge is 2.18. The highest BCUT2D eigenvalue weighted by Crippen LogP contribution is 2.16. The van der Waals surface area contributed by atoms with Crippen LogP contribution >= 0.6 is 0 Å². The summed E-state index contributed by atoms with van der Waals surface area (Å²) in [6, 6.07) is 4.23. The molecular weight excluding hydrogens is 300 g/mol. The van der Waals surface area contributed by atoms with Gasteiger partial charge in [0.1, 0.15) is 5.82 Å². The summed E-state index contributed by atoms with van der Waals surface area (Å²) in [5, 5.41) is 0. The molecule has 132 valence electrons. The number of aromatic nitrogens is 1. The zero-order chi connectivity index (χ0) is 16.9. The molecule has 3 rings (SSSR count). The minimum atomic E-state index is 0.604. The lowest BCUT2D eigenvalue weighted by Crippen LogP contribution is -2.44. The number of guanidine groups is 1. The number of hydrogen-bond acceptors (Lipinski definition) is 4. The maximum Gasteiger partial charge on any atom is 0.191 e.